The number of carbonyl (C=O) groups is 1. The third kappa shape index (κ3) is 2.73. The molecule has 2 aromatic carbocycles. The molecule has 5 heteroatoms. The van der Waals surface area contributed by atoms with Gasteiger partial charge in [0.15, 0.2) is 0 Å². The van der Waals surface area contributed by atoms with Crippen molar-refractivity contribution in [2.45, 2.75) is 12.8 Å². The third-order valence-corrected chi connectivity index (χ3v) is 3.71. The van der Waals surface area contributed by atoms with Gasteiger partial charge in [0, 0.05) is 11.6 Å². The van der Waals surface area contributed by atoms with Crippen LogP contribution in [-0.4, -0.2) is 17.7 Å². The van der Waals surface area contributed by atoms with Gasteiger partial charge in [-0.05, 0) is 18.6 Å². The topological polar surface area (TPSA) is 81.8 Å². The Kier molecular flexibility index (Phi) is 3.93. The molecule has 1 aliphatic rings. The highest BCUT2D eigenvalue weighted by atomic mass is 16.5. The molecule has 3 N–H and O–H groups in total. The number of nitrogens with two attached hydrogens (primary N) is 1. The first-order valence-corrected chi connectivity index (χ1v) is 7.34. The predicted octanol–water partition coefficient (Wildman–Crippen LogP) is 2.65. The zero-order valence-corrected chi connectivity index (χ0v) is 12.7. The standard InChI is InChI=1S/C18H17NO4/c1-2-22-18(21)16-15(11-6-4-3-5-7-11)13-9-8-12(20)10-14(13)23-17(16)19/h3-10,15,20H,2,19H2,1H3/t15-/m0/s1. The molecule has 3 rings (SSSR count). The molecule has 0 amide bonds. The Morgan fingerprint density at radius 2 is 2.00 bits per heavy atom. The number of hydrogen-bond acceptors (Lipinski definition) is 5. The monoisotopic (exact) mass is 311 g/mol. The smallest absolute Gasteiger partial charge is 0.340 e. The highest BCUT2D eigenvalue weighted by Gasteiger charge is 2.35. The van der Waals surface area contributed by atoms with Gasteiger partial charge in [-0.25, -0.2) is 4.79 Å². The second kappa shape index (κ2) is 6.04. The minimum atomic E-state index is -0.502. The molecule has 23 heavy (non-hydrogen) atoms. The molecule has 0 unspecified atom stereocenters. The van der Waals surface area contributed by atoms with Gasteiger partial charge in [0.05, 0.1) is 12.5 Å². The third-order valence-electron chi connectivity index (χ3n) is 3.71. The number of phenols is 1. The second-order valence-corrected chi connectivity index (χ2v) is 5.17. The lowest BCUT2D eigenvalue weighted by Crippen LogP contribution is -2.27. The molecule has 0 spiro atoms. The van der Waals surface area contributed by atoms with Gasteiger partial charge in [0.1, 0.15) is 17.1 Å². The lowest BCUT2D eigenvalue weighted by Gasteiger charge is -2.28. The average Bonchev–Trinajstić information content (AvgIpc) is 2.54. The quantitative estimate of drug-likeness (QED) is 0.852. The first-order valence-electron chi connectivity index (χ1n) is 7.34. The number of benzene rings is 2. The summed E-state index contributed by atoms with van der Waals surface area (Å²) < 4.78 is 10.7. The molecule has 0 saturated heterocycles. The molecule has 0 aliphatic carbocycles. The number of aromatic hydroxyl groups is 1. The van der Waals surface area contributed by atoms with Crippen LogP contribution in [-0.2, 0) is 9.53 Å². The molecule has 0 aromatic heterocycles. The maximum atomic E-state index is 12.4. The minimum absolute atomic E-state index is 0.00426. The predicted molar refractivity (Wildman–Crippen MR) is 84.9 cm³/mol. The van der Waals surface area contributed by atoms with Crippen molar-refractivity contribution < 1.29 is 19.4 Å². The molecule has 118 valence electrons. The Bertz CT molecular complexity index is 768. The first-order chi connectivity index (χ1) is 11.1. The highest BCUT2D eigenvalue weighted by molar-refractivity contribution is 5.92. The number of fused-ring (bicyclic) bond motifs is 1. The largest absolute Gasteiger partial charge is 0.508 e. The summed E-state index contributed by atoms with van der Waals surface area (Å²) in [5.41, 5.74) is 7.90. The van der Waals surface area contributed by atoms with Gasteiger partial charge < -0.3 is 20.3 Å². The Labute approximate surface area is 134 Å². The molecule has 0 fully saturated rings. The summed E-state index contributed by atoms with van der Waals surface area (Å²) in [6, 6.07) is 14.3. The molecule has 1 heterocycles. The molecule has 5 nitrogen and oxygen atoms in total. The summed E-state index contributed by atoms with van der Waals surface area (Å²) in [5, 5.41) is 9.66. The molecular weight excluding hydrogens is 294 g/mol. The lowest BCUT2D eigenvalue weighted by atomic mass is 9.83. The van der Waals surface area contributed by atoms with E-state index in [2.05, 4.69) is 0 Å². The molecule has 0 saturated carbocycles. The van der Waals surface area contributed by atoms with Gasteiger partial charge in [0.2, 0.25) is 5.88 Å². The van der Waals surface area contributed by atoms with Crippen LogP contribution in [0.15, 0.2) is 60.0 Å². The van der Waals surface area contributed by atoms with Crippen molar-refractivity contribution in [1.29, 1.82) is 0 Å². The van der Waals surface area contributed by atoms with Crippen molar-refractivity contribution in [1.82, 2.24) is 0 Å². The van der Waals surface area contributed by atoms with Crippen molar-refractivity contribution in [3.8, 4) is 11.5 Å². The van der Waals surface area contributed by atoms with E-state index in [0.29, 0.717) is 5.75 Å². The van der Waals surface area contributed by atoms with E-state index in [0.717, 1.165) is 11.1 Å². The van der Waals surface area contributed by atoms with E-state index < -0.39 is 11.9 Å². The summed E-state index contributed by atoms with van der Waals surface area (Å²) in [4.78, 5) is 12.4. The number of rotatable bonds is 3. The van der Waals surface area contributed by atoms with Crippen LogP contribution < -0.4 is 10.5 Å². The van der Waals surface area contributed by atoms with Crippen molar-refractivity contribution in [2.24, 2.45) is 5.73 Å². The zero-order valence-electron chi connectivity index (χ0n) is 12.7. The number of carbonyl (C=O) groups excluding carboxylic acids is 1. The fourth-order valence-electron chi connectivity index (χ4n) is 2.74. The normalized spacial score (nSPS) is 16.5. The Balaban J connectivity index is 2.18. The maximum absolute atomic E-state index is 12.4. The Morgan fingerprint density at radius 3 is 2.70 bits per heavy atom. The van der Waals surface area contributed by atoms with E-state index in [1.807, 2.05) is 30.3 Å². The molecule has 2 aromatic rings. The van der Waals surface area contributed by atoms with Crippen molar-refractivity contribution in [3.63, 3.8) is 0 Å². The van der Waals surface area contributed by atoms with E-state index in [4.69, 9.17) is 15.2 Å². The summed E-state index contributed by atoms with van der Waals surface area (Å²) >= 11 is 0. The lowest BCUT2D eigenvalue weighted by molar-refractivity contribution is -0.139. The van der Waals surface area contributed by atoms with Crippen LogP contribution in [0.2, 0.25) is 0 Å². The zero-order chi connectivity index (χ0) is 16.4. The number of hydrogen-bond donors (Lipinski definition) is 2. The van der Waals surface area contributed by atoms with Crippen LogP contribution in [0, 0.1) is 0 Å². The van der Waals surface area contributed by atoms with Crippen LogP contribution in [0.1, 0.15) is 24.0 Å². The van der Waals surface area contributed by atoms with Crippen LogP contribution in [0.5, 0.6) is 11.5 Å². The van der Waals surface area contributed by atoms with Crippen molar-refractivity contribution in [3.05, 3.63) is 71.1 Å². The van der Waals surface area contributed by atoms with Crippen LogP contribution >= 0.6 is 0 Å². The van der Waals surface area contributed by atoms with Gasteiger partial charge in [-0.1, -0.05) is 36.4 Å². The van der Waals surface area contributed by atoms with Crippen molar-refractivity contribution >= 4 is 5.97 Å². The van der Waals surface area contributed by atoms with E-state index in [1.54, 1.807) is 19.1 Å². The minimum Gasteiger partial charge on any atom is -0.508 e. The summed E-state index contributed by atoms with van der Waals surface area (Å²) in [6.45, 7) is 1.99. The van der Waals surface area contributed by atoms with Gasteiger partial charge in [0.25, 0.3) is 0 Å². The Hall–Kier alpha value is -2.95. The summed E-state index contributed by atoms with van der Waals surface area (Å²) in [6.07, 6.45) is 0. The van der Waals surface area contributed by atoms with Crippen LogP contribution in [0.25, 0.3) is 0 Å². The molecule has 1 aliphatic heterocycles. The van der Waals surface area contributed by atoms with Crippen LogP contribution in [0.4, 0.5) is 0 Å². The number of esters is 1. The second-order valence-electron chi connectivity index (χ2n) is 5.17. The van der Waals surface area contributed by atoms with E-state index in [1.165, 1.54) is 6.07 Å². The maximum Gasteiger partial charge on any atom is 0.340 e. The molecule has 0 radical (unpaired) electrons. The first kappa shape index (κ1) is 15.0. The van der Waals surface area contributed by atoms with Gasteiger partial charge in [-0.15, -0.1) is 0 Å². The molecule has 1 atom stereocenters. The summed E-state index contributed by atoms with van der Waals surface area (Å²) in [5.74, 6) is -0.403. The van der Waals surface area contributed by atoms with Crippen molar-refractivity contribution in [2.75, 3.05) is 6.61 Å². The fourth-order valence-corrected chi connectivity index (χ4v) is 2.74. The molecule has 0 bridgehead atoms. The SMILES string of the molecule is CCOC(=O)C1=C(N)Oc2cc(O)ccc2[C@@H]1c1ccccc1. The number of ether oxygens (including phenoxy) is 2. The molecular formula is C18H17NO4. The van der Waals surface area contributed by atoms with E-state index in [-0.39, 0.29) is 23.8 Å². The van der Waals surface area contributed by atoms with Crippen LogP contribution in [0.3, 0.4) is 0 Å². The van der Waals surface area contributed by atoms with Gasteiger partial charge >= 0.3 is 5.97 Å². The van der Waals surface area contributed by atoms with E-state index in [9.17, 15) is 9.90 Å². The van der Waals surface area contributed by atoms with Gasteiger partial charge in [-0.2, -0.15) is 0 Å². The number of phenolic OH excluding ortho intramolecular Hbond substituents is 1. The average molecular weight is 311 g/mol. The van der Waals surface area contributed by atoms with E-state index >= 15 is 0 Å². The van der Waals surface area contributed by atoms with Gasteiger partial charge in [-0.3, -0.25) is 0 Å². The highest BCUT2D eigenvalue weighted by Crippen LogP contribution is 2.43. The Morgan fingerprint density at radius 1 is 1.26 bits per heavy atom. The fraction of sp³-hybridized carbons (Fsp3) is 0.167. The summed E-state index contributed by atoms with van der Waals surface area (Å²) in [7, 11) is 0.